The van der Waals surface area contributed by atoms with Gasteiger partial charge in [0, 0.05) is 29.6 Å². The zero-order valence-corrected chi connectivity index (χ0v) is 18.4. The van der Waals surface area contributed by atoms with Gasteiger partial charge < -0.3 is 19.9 Å². The fraction of sp³-hybridized carbons (Fsp3) is 0.364. The molecule has 0 heterocycles. The van der Waals surface area contributed by atoms with Crippen LogP contribution in [0.3, 0.4) is 0 Å². The largest absolute Gasteiger partial charge is 0.464 e. The van der Waals surface area contributed by atoms with E-state index >= 15 is 0 Å². The molecule has 2 aromatic carbocycles. The van der Waals surface area contributed by atoms with Gasteiger partial charge in [-0.25, -0.2) is 4.79 Å². The normalized spacial score (nSPS) is 12.8. The van der Waals surface area contributed by atoms with Gasteiger partial charge in [-0.05, 0) is 48.2 Å². The van der Waals surface area contributed by atoms with E-state index in [2.05, 4.69) is 5.32 Å². The molecule has 162 valence electrons. The molecule has 1 amide bonds. The Balaban J connectivity index is 2.13. The molecule has 0 saturated carbocycles. The van der Waals surface area contributed by atoms with Crippen molar-refractivity contribution in [2.24, 2.45) is 0 Å². The van der Waals surface area contributed by atoms with Crippen LogP contribution in [0.1, 0.15) is 18.9 Å². The van der Waals surface area contributed by atoms with Crippen molar-refractivity contribution >= 4 is 35.1 Å². The average Bonchev–Trinajstić information content (AvgIpc) is 2.68. The monoisotopic (exact) mass is 453 g/mol. The minimum atomic E-state index is -1.33. The third-order valence-corrected chi connectivity index (χ3v) is 4.78. The Morgan fingerprint density at radius 2 is 1.70 bits per heavy atom. The maximum atomic E-state index is 12.0. The number of hydrogen-bond donors (Lipinski definition) is 2. The van der Waals surface area contributed by atoms with Gasteiger partial charge in [-0.15, -0.1) is 0 Å². The number of halogens is 2. The highest BCUT2D eigenvalue weighted by Crippen LogP contribution is 2.27. The third-order valence-electron chi connectivity index (χ3n) is 4.34. The first-order valence-corrected chi connectivity index (χ1v) is 10.3. The molecule has 2 N–H and O–H groups in total. The van der Waals surface area contributed by atoms with Crippen LogP contribution >= 0.6 is 23.2 Å². The van der Waals surface area contributed by atoms with Gasteiger partial charge in [-0.3, -0.25) is 4.79 Å². The van der Waals surface area contributed by atoms with E-state index in [-0.39, 0.29) is 25.5 Å². The molecule has 0 bridgehead atoms. The molecule has 30 heavy (non-hydrogen) atoms. The lowest BCUT2D eigenvalue weighted by atomic mass is 9.98. The maximum absolute atomic E-state index is 12.0. The summed E-state index contributed by atoms with van der Waals surface area (Å²) in [5, 5.41) is 14.0. The molecule has 0 aliphatic carbocycles. The number of benzene rings is 2. The van der Waals surface area contributed by atoms with Crippen LogP contribution in [-0.2, 0) is 25.5 Å². The first-order valence-electron chi connectivity index (χ1n) is 9.50. The Labute approximate surface area is 186 Å². The first-order chi connectivity index (χ1) is 14.3. The Morgan fingerprint density at radius 1 is 1.07 bits per heavy atom. The molecule has 2 unspecified atom stereocenters. The summed E-state index contributed by atoms with van der Waals surface area (Å²) in [6.07, 6.45) is -0.881. The molecular formula is C22H25Cl2NO5. The standard InChI is InChI=1S/C22H25Cl2NO5/c1-3-30-22(28)20(26)12-19(25-21(27)13-29-2)8-14-4-6-15(7-5-14)16-9-17(23)11-18(24)10-16/h4-7,9-11,19-20,26H,3,8,12-13H2,1-2H3,(H,25,27). The topological polar surface area (TPSA) is 84.9 Å². The fourth-order valence-corrected chi connectivity index (χ4v) is 3.56. The molecule has 2 aromatic rings. The second-order valence-electron chi connectivity index (χ2n) is 6.76. The van der Waals surface area contributed by atoms with Gasteiger partial charge in [0.1, 0.15) is 6.61 Å². The number of aliphatic hydroxyl groups is 1. The van der Waals surface area contributed by atoms with E-state index in [0.717, 1.165) is 16.7 Å². The molecular weight excluding hydrogens is 429 g/mol. The van der Waals surface area contributed by atoms with Crippen LogP contribution in [0.25, 0.3) is 11.1 Å². The summed E-state index contributed by atoms with van der Waals surface area (Å²) in [5.41, 5.74) is 2.75. The SMILES string of the molecule is CCOC(=O)C(O)CC(Cc1ccc(-c2cc(Cl)cc(Cl)c2)cc1)NC(=O)COC. The highest BCUT2D eigenvalue weighted by atomic mass is 35.5. The van der Waals surface area contributed by atoms with E-state index in [1.807, 2.05) is 36.4 Å². The van der Waals surface area contributed by atoms with Crippen LogP contribution in [0.15, 0.2) is 42.5 Å². The van der Waals surface area contributed by atoms with Crippen LogP contribution in [-0.4, -0.2) is 49.5 Å². The number of carbonyl (C=O) groups is 2. The van der Waals surface area contributed by atoms with Crippen LogP contribution in [0.2, 0.25) is 10.0 Å². The van der Waals surface area contributed by atoms with E-state index in [1.54, 1.807) is 13.0 Å². The number of amides is 1. The molecule has 2 atom stereocenters. The summed E-state index contributed by atoms with van der Waals surface area (Å²) in [5.74, 6) is -1.04. The Hall–Kier alpha value is -2.12. The van der Waals surface area contributed by atoms with Crippen molar-refractivity contribution in [3.05, 3.63) is 58.1 Å². The minimum absolute atomic E-state index is 0.0277. The Kier molecular flexibility index (Phi) is 9.59. The lowest BCUT2D eigenvalue weighted by Gasteiger charge is -2.21. The Morgan fingerprint density at radius 3 is 2.27 bits per heavy atom. The summed E-state index contributed by atoms with van der Waals surface area (Å²) >= 11 is 12.1. The van der Waals surface area contributed by atoms with Gasteiger partial charge in [0.25, 0.3) is 0 Å². The van der Waals surface area contributed by atoms with Crippen LogP contribution in [0.4, 0.5) is 0 Å². The molecule has 8 heteroatoms. The summed E-state index contributed by atoms with van der Waals surface area (Å²) in [6, 6.07) is 12.5. The minimum Gasteiger partial charge on any atom is -0.464 e. The second kappa shape index (κ2) is 11.9. The Bertz CT molecular complexity index is 837. The lowest BCUT2D eigenvalue weighted by Crippen LogP contribution is -2.42. The second-order valence-corrected chi connectivity index (χ2v) is 7.63. The summed E-state index contributed by atoms with van der Waals surface area (Å²) in [4.78, 5) is 23.7. The number of hydrogen-bond acceptors (Lipinski definition) is 5. The first kappa shape index (κ1) is 24.2. The predicted octanol–water partition coefficient (Wildman–Crippen LogP) is 3.65. The lowest BCUT2D eigenvalue weighted by molar-refractivity contribution is -0.153. The summed E-state index contributed by atoms with van der Waals surface area (Å²) in [6.45, 7) is 1.73. The number of nitrogens with one attached hydrogen (secondary N) is 1. The smallest absolute Gasteiger partial charge is 0.335 e. The van der Waals surface area contributed by atoms with Gasteiger partial charge in [0.2, 0.25) is 5.91 Å². The number of carbonyl (C=O) groups excluding carboxylic acids is 2. The molecule has 0 saturated heterocycles. The van der Waals surface area contributed by atoms with E-state index in [0.29, 0.717) is 16.5 Å². The molecule has 0 spiro atoms. The number of aliphatic hydroxyl groups excluding tert-OH is 1. The van der Waals surface area contributed by atoms with E-state index in [1.165, 1.54) is 7.11 Å². The summed E-state index contributed by atoms with van der Waals surface area (Å²) < 4.78 is 9.69. The molecule has 0 fully saturated rings. The van der Waals surface area contributed by atoms with E-state index in [4.69, 9.17) is 32.7 Å². The molecule has 0 aliphatic heterocycles. The highest BCUT2D eigenvalue weighted by Gasteiger charge is 2.23. The van der Waals surface area contributed by atoms with Crippen LogP contribution in [0.5, 0.6) is 0 Å². The molecule has 6 nitrogen and oxygen atoms in total. The van der Waals surface area contributed by atoms with E-state index < -0.39 is 18.1 Å². The summed E-state index contributed by atoms with van der Waals surface area (Å²) in [7, 11) is 1.42. The highest BCUT2D eigenvalue weighted by molar-refractivity contribution is 6.35. The van der Waals surface area contributed by atoms with Gasteiger partial charge in [-0.1, -0.05) is 47.5 Å². The van der Waals surface area contributed by atoms with Crippen molar-refractivity contribution < 1.29 is 24.2 Å². The van der Waals surface area contributed by atoms with Crippen molar-refractivity contribution in [3.8, 4) is 11.1 Å². The quantitative estimate of drug-likeness (QED) is 0.536. The maximum Gasteiger partial charge on any atom is 0.335 e. The van der Waals surface area contributed by atoms with Crippen LogP contribution in [0, 0.1) is 0 Å². The van der Waals surface area contributed by atoms with Gasteiger partial charge in [0.15, 0.2) is 6.10 Å². The predicted molar refractivity (Wildman–Crippen MR) is 117 cm³/mol. The van der Waals surface area contributed by atoms with Gasteiger partial charge >= 0.3 is 5.97 Å². The molecule has 0 aromatic heterocycles. The molecule has 2 rings (SSSR count). The van der Waals surface area contributed by atoms with Crippen molar-refractivity contribution in [2.75, 3.05) is 20.3 Å². The van der Waals surface area contributed by atoms with Crippen LogP contribution < -0.4 is 5.32 Å². The average molecular weight is 454 g/mol. The molecule has 0 aliphatic rings. The zero-order valence-electron chi connectivity index (χ0n) is 16.9. The number of ether oxygens (including phenoxy) is 2. The van der Waals surface area contributed by atoms with Crippen molar-refractivity contribution in [2.45, 2.75) is 31.9 Å². The van der Waals surface area contributed by atoms with Crippen molar-refractivity contribution in [1.29, 1.82) is 0 Å². The van der Waals surface area contributed by atoms with E-state index in [9.17, 15) is 14.7 Å². The third kappa shape index (κ3) is 7.61. The zero-order chi connectivity index (χ0) is 22.1. The number of rotatable bonds is 10. The van der Waals surface area contributed by atoms with Crippen molar-refractivity contribution in [3.63, 3.8) is 0 Å². The van der Waals surface area contributed by atoms with Gasteiger partial charge in [0.05, 0.1) is 6.61 Å². The molecule has 0 radical (unpaired) electrons. The fourth-order valence-electron chi connectivity index (χ4n) is 3.04. The number of methoxy groups -OCH3 is 1. The number of esters is 1. The van der Waals surface area contributed by atoms with Crippen molar-refractivity contribution in [1.82, 2.24) is 5.32 Å². The van der Waals surface area contributed by atoms with Gasteiger partial charge in [-0.2, -0.15) is 0 Å².